The number of rotatable bonds is 1. The zero-order chi connectivity index (χ0) is 14.7. The van der Waals surface area contributed by atoms with Gasteiger partial charge in [0.25, 0.3) is 0 Å². The molecule has 0 aliphatic carbocycles. The lowest BCUT2D eigenvalue weighted by atomic mass is 10.3. The Bertz CT molecular complexity index is 208. The second-order valence-electron chi connectivity index (χ2n) is 2.26. The summed E-state index contributed by atoms with van der Waals surface area (Å²) in [7, 11) is 0. The molecule has 0 aromatic heterocycles. The first-order valence-electron chi connectivity index (χ1n) is 3.21. The summed E-state index contributed by atoms with van der Waals surface area (Å²) in [5.74, 6) is -5.90. The largest absolute Gasteiger partial charge is 0.459 e. The van der Waals surface area contributed by atoms with Crippen molar-refractivity contribution in [3.05, 3.63) is 0 Å². The molecule has 0 bridgehead atoms. The first-order valence-corrected chi connectivity index (χ1v) is 3.21. The molecule has 0 rings (SSSR count). The predicted molar refractivity (Wildman–Crippen MR) is 29.1 cm³/mol. The second kappa shape index (κ2) is 5.67. The molecule has 0 radical (unpaired) electrons. The lowest BCUT2D eigenvalue weighted by Gasteiger charge is -2.17. The lowest BCUT2D eigenvalue weighted by molar-refractivity contribution is -0.320. The fraction of sp³-hybridized carbons (Fsp3) is 1.00. The van der Waals surface area contributed by atoms with Crippen LogP contribution in [0.2, 0.25) is 0 Å². The van der Waals surface area contributed by atoms with Gasteiger partial charge in [0.2, 0.25) is 0 Å². The molecule has 0 heterocycles. The first kappa shape index (κ1) is 18.5. The van der Waals surface area contributed by atoms with Crippen LogP contribution < -0.4 is 0 Å². The Morgan fingerprint density at radius 1 is 0.529 bits per heavy atom. The summed E-state index contributed by atoms with van der Waals surface area (Å²) in [6.07, 6.45) is -20.4. The highest BCUT2D eigenvalue weighted by Crippen LogP contribution is 2.39. The van der Waals surface area contributed by atoms with Crippen molar-refractivity contribution in [1.82, 2.24) is 0 Å². The number of hydrogen-bond acceptors (Lipinski definition) is 0. The van der Waals surface area contributed by atoms with E-state index in [4.69, 9.17) is 0 Å². The SMILES string of the molecule is FC(F)C(F)(F)C(F)(F)F.FC(F)C(F)(F)F. The molecule has 0 aliphatic heterocycles. The van der Waals surface area contributed by atoms with Gasteiger partial charge in [0.05, 0.1) is 0 Å². The van der Waals surface area contributed by atoms with Crippen molar-refractivity contribution in [2.45, 2.75) is 31.1 Å². The van der Waals surface area contributed by atoms with Crippen molar-refractivity contribution in [3.8, 4) is 0 Å². The third-order valence-corrected chi connectivity index (χ3v) is 0.899. The smallest absolute Gasteiger partial charge is 0.203 e. The van der Waals surface area contributed by atoms with E-state index in [0.29, 0.717) is 0 Å². The maximum Gasteiger partial charge on any atom is 0.459 e. The average Bonchev–Trinajstić information content (AvgIpc) is 2.00. The molecule has 0 spiro atoms. The second-order valence-corrected chi connectivity index (χ2v) is 2.26. The van der Waals surface area contributed by atoms with Gasteiger partial charge >= 0.3 is 31.1 Å². The first-order chi connectivity index (χ1) is 7.14. The van der Waals surface area contributed by atoms with Crippen LogP contribution in [0.25, 0.3) is 0 Å². The Labute approximate surface area is 85.2 Å². The molecule has 17 heavy (non-hydrogen) atoms. The minimum absolute atomic E-state index is 4.20. The normalized spacial score (nSPS) is 13.8. The summed E-state index contributed by atoms with van der Waals surface area (Å²) in [4.78, 5) is 0. The molecule has 0 saturated heterocycles. The van der Waals surface area contributed by atoms with Crippen LogP contribution in [0.1, 0.15) is 0 Å². The monoisotopic (exact) mass is 290 g/mol. The maximum absolute atomic E-state index is 11.2. The predicted octanol–water partition coefficient (Wildman–Crippen LogP) is 4.26. The van der Waals surface area contributed by atoms with Gasteiger partial charge in [0.15, 0.2) is 0 Å². The van der Waals surface area contributed by atoms with E-state index in [-0.39, 0.29) is 0 Å². The number of halogens is 12. The van der Waals surface area contributed by atoms with Crippen molar-refractivity contribution in [1.29, 1.82) is 0 Å². The average molecular weight is 290 g/mol. The third-order valence-electron chi connectivity index (χ3n) is 0.899. The van der Waals surface area contributed by atoms with Crippen LogP contribution in [0.3, 0.4) is 0 Å². The van der Waals surface area contributed by atoms with Crippen LogP contribution in [-0.4, -0.2) is 31.1 Å². The maximum atomic E-state index is 11.2. The van der Waals surface area contributed by atoms with Crippen LogP contribution in [0, 0.1) is 0 Å². The van der Waals surface area contributed by atoms with Crippen LogP contribution in [0.5, 0.6) is 0 Å². The van der Waals surface area contributed by atoms with E-state index in [1.54, 1.807) is 0 Å². The van der Waals surface area contributed by atoms with Gasteiger partial charge in [0, 0.05) is 0 Å². The molecule has 0 amide bonds. The summed E-state index contributed by atoms with van der Waals surface area (Å²) in [5, 5.41) is 0. The highest BCUT2D eigenvalue weighted by Gasteiger charge is 2.64. The topological polar surface area (TPSA) is 0 Å². The molecule has 0 aromatic rings. The molecule has 0 saturated carbocycles. The van der Waals surface area contributed by atoms with Crippen LogP contribution in [-0.2, 0) is 0 Å². The van der Waals surface area contributed by atoms with Crippen molar-refractivity contribution in [2.24, 2.45) is 0 Å². The Kier molecular flexibility index (Phi) is 6.17. The minimum Gasteiger partial charge on any atom is -0.203 e. The highest BCUT2D eigenvalue weighted by molar-refractivity contribution is 4.77. The fourth-order valence-corrected chi connectivity index (χ4v) is 0.124. The minimum atomic E-state index is -6.17. The van der Waals surface area contributed by atoms with Crippen LogP contribution in [0.15, 0.2) is 0 Å². The van der Waals surface area contributed by atoms with Gasteiger partial charge in [-0.1, -0.05) is 0 Å². The van der Waals surface area contributed by atoms with Crippen molar-refractivity contribution in [2.75, 3.05) is 0 Å². The molecule has 0 fully saturated rings. The fourth-order valence-electron chi connectivity index (χ4n) is 0.124. The van der Waals surface area contributed by atoms with Crippen LogP contribution in [0.4, 0.5) is 52.7 Å². The molecular weight excluding hydrogens is 288 g/mol. The molecular formula is C5H2F12. The van der Waals surface area contributed by atoms with Gasteiger partial charge in [-0.2, -0.15) is 35.1 Å². The van der Waals surface area contributed by atoms with Crippen LogP contribution >= 0.6 is 0 Å². The Hall–Kier alpha value is -0.840. The molecule has 0 atom stereocenters. The van der Waals surface area contributed by atoms with E-state index in [1.165, 1.54) is 0 Å². The van der Waals surface area contributed by atoms with Crippen molar-refractivity contribution in [3.63, 3.8) is 0 Å². The van der Waals surface area contributed by atoms with Gasteiger partial charge < -0.3 is 0 Å². The quantitative estimate of drug-likeness (QED) is 0.633. The molecule has 12 heteroatoms. The molecule has 0 N–H and O–H groups in total. The third kappa shape index (κ3) is 6.46. The van der Waals surface area contributed by atoms with Crippen molar-refractivity contribution >= 4 is 0 Å². The van der Waals surface area contributed by atoms with Gasteiger partial charge in [-0.3, -0.25) is 0 Å². The molecule has 106 valence electrons. The zero-order valence-corrected chi connectivity index (χ0v) is 7.19. The summed E-state index contributed by atoms with van der Waals surface area (Å²) in [6.45, 7) is 0. The van der Waals surface area contributed by atoms with Gasteiger partial charge in [-0.15, -0.1) is 0 Å². The van der Waals surface area contributed by atoms with E-state index in [2.05, 4.69) is 0 Å². The molecule has 0 aromatic carbocycles. The number of hydrogen-bond donors (Lipinski definition) is 0. The molecule has 0 aliphatic rings. The Balaban J connectivity index is 0. The Morgan fingerprint density at radius 2 is 0.765 bits per heavy atom. The lowest BCUT2D eigenvalue weighted by Crippen LogP contribution is -2.42. The van der Waals surface area contributed by atoms with Crippen molar-refractivity contribution < 1.29 is 52.7 Å². The molecule has 0 unspecified atom stereocenters. The van der Waals surface area contributed by atoms with Gasteiger partial charge in [-0.05, 0) is 0 Å². The summed E-state index contributed by atoms with van der Waals surface area (Å²) in [6, 6.07) is 0. The zero-order valence-electron chi connectivity index (χ0n) is 7.19. The van der Waals surface area contributed by atoms with E-state index >= 15 is 0 Å². The molecule has 0 nitrogen and oxygen atoms in total. The standard InChI is InChI=1S/C3HF7.C2HF5/c4-1(5)2(6,7)3(8,9)10;3-1(4)2(5,6)7/h1H;1H. The highest BCUT2D eigenvalue weighted by atomic mass is 19.4. The summed E-state index contributed by atoms with van der Waals surface area (Å²) < 4.78 is 129. The van der Waals surface area contributed by atoms with E-state index < -0.39 is 31.1 Å². The van der Waals surface area contributed by atoms with E-state index in [1.807, 2.05) is 0 Å². The van der Waals surface area contributed by atoms with Gasteiger partial charge in [-0.25, -0.2) is 17.6 Å². The Morgan fingerprint density at radius 3 is 0.765 bits per heavy atom. The van der Waals surface area contributed by atoms with Gasteiger partial charge in [0.1, 0.15) is 0 Å². The summed E-state index contributed by atoms with van der Waals surface area (Å²) >= 11 is 0. The summed E-state index contributed by atoms with van der Waals surface area (Å²) in [5.41, 5.74) is 0. The number of alkyl halides is 12. The van der Waals surface area contributed by atoms with E-state index in [9.17, 15) is 52.7 Å². The van der Waals surface area contributed by atoms with E-state index in [0.717, 1.165) is 0 Å².